The van der Waals surface area contributed by atoms with Crippen molar-refractivity contribution in [1.82, 2.24) is 0 Å². The molecule has 4 nitrogen and oxygen atoms in total. The van der Waals surface area contributed by atoms with E-state index < -0.39 is 17.3 Å². The van der Waals surface area contributed by atoms with E-state index in [4.69, 9.17) is 5.11 Å². The average Bonchev–Trinajstić information content (AvgIpc) is 2.41. The molecule has 2 unspecified atom stereocenters. The van der Waals surface area contributed by atoms with Crippen molar-refractivity contribution in [2.75, 3.05) is 11.9 Å². The third kappa shape index (κ3) is 2.93. The predicted octanol–water partition coefficient (Wildman–Crippen LogP) is 2.88. The van der Waals surface area contributed by atoms with Crippen LogP contribution in [0.1, 0.15) is 43.0 Å². The number of benzene rings is 1. The van der Waals surface area contributed by atoms with Crippen molar-refractivity contribution >= 4 is 11.7 Å². The minimum absolute atomic E-state index is 0.0249. The number of nitrogens with one attached hydrogen (secondary N) is 1. The third-order valence-corrected chi connectivity index (χ3v) is 4.03. The lowest BCUT2D eigenvalue weighted by molar-refractivity contribution is 0.0696. The van der Waals surface area contributed by atoms with Crippen LogP contribution in [0.4, 0.5) is 10.1 Å². The second kappa shape index (κ2) is 5.79. The Morgan fingerprint density at radius 1 is 1.55 bits per heavy atom. The van der Waals surface area contributed by atoms with Crippen LogP contribution in [0.2, 0.25) is 0 Å². The van der Waals surface area contributed by atoms with E-state index in [0.29, 0.717) is 18.8 Å². The van der Waals surface area contributed by atoms with Crippen molar-refractivity contribution in [2.24, 2.45) is 5.92 Å². The van der Waals surface area contributed by atoms with E-state index in [2.05, 4.69) is 12.2 Å². The molecule has 0 saturated heterocycles. The van der Waals surface area contributed by atoms with E-state index in [1.165, 1.54) is 18.2 Å². The van der Waals surface area contributed by atoms with Crippen LogP contribution in [0.25, 0.3) is 0 Å². The third-order valence-electron chi connectivity index (χ3n) is 4.03. The van der Waals surface area contributed by atoms with Crippen molar-refractivity contribution in [3.05, 3.63) is 29.6 Å². The topological polar surface area (TPSA) is 69.6 Å². The molecule has 1 aliphatic carbocycles. The van der Waals surface area contributed by atoms with Crippen LogP contribution in [0.5, 0.6) is 0 Å². The molecule has 1 aromatic rings. The van der Waals surface area contributed by atoms with Crippen LogP contribution in [-0.4, -0.2) is 28.3 Å². The molecule has 1 fully saturated rings. The molecule has 0 heterocycles. The minimum Gasteiger partial charge on any atom is -0.478 e. The Hall–Kier alpha value is -1.62. The summed E-state index contributed by atoms with van der Waals surface area (Å²) < 4.78 is 14.0. The lowest BCUT2D eigenvalue weighted by atomic mass is 9.76. The molecule has 0 aliphatic heterocycles. The van der Waals surface area contributed by atoms with E-state index in [9.17, 15) is 14.3 Å². The van der Waals surface area contributed by atoms with Gasteiger partial charge >= 0.3 is 5.97 Å². The van der Waals surface area contributed by atoms with E-state index >= 15 is 0 Å². The lowest BCUT2D eigenvalue weighted by Gasteiger charge is -2.40. The first-order chi connectivity index (χ1) is 9.47. The molecule has 1 aliphatic rings. The molecular formula is C15H20FNO3. The molecule has 0 radical (unpaired) electrons. The van der Waals surface area contributed by atoms with Gasteiger partial charge in [-0.15, -0.1) is 0 Å². The number of carbonyl (C=O) groups is 1. The van der Waals surface area contributed by atoms with Gasteiger partial charge in [-0.1, -0.05) is 25.8 Å². The van der Waals surface area contributed by atoms with Gasteiger partial charge < -0.3 is 15.5 Å². The Kier molecular flexibility index (Phi) is 4.28. The molecule has 1 saturated carbocycles. The summed E-state index contributed by atoms with van der Waals surface area (Å²) in [6.45, 7) is 1.95. The zero-order valence-electron chi connectivity index (χ0n) is 11.5. The zero-order chi connectivity index (χ0) is 14.8. The molecule has 2 atom stereocenters. The van der Waals surface area contributed by atoms with Gasteiger partial charge in [0.2, 0.25) is 0 Å². The summed E-state index contributed by atoms with van der Waals surface area (Å²) in [4.78, 5) is 11.2. The first kappa shape index (κ1) is 14.8. The minimum atomic E-state index is -1.18. The quantitative estimate of drug-likeness (QED) is 0.793. The summed E-state index contributed by atoms with van der Waals surface area (Å²) in [6.07, 6.45) is 3.43. The van der Waals surface area contributed by atoms with E-state index in [1.807, 2.05) is 0 Å². The van der Waals surface area contributed by atoms with Crippen molar-refractivity contribution < 1.29 is 19.4 Å². The molecule has 0 aromatic heterocycles. The maximum Gasteiger partial charge on any atom is 0.337 e. The van der Waals surface area contributed by atoms with Crippen LogP contribution < -0.4 is 5.32 Å². The van der Waals surface area contributed by atoms with Crippen molar-refractivity contribution in [1.29, 1.82) is 0 Å². The van der Waals surface area contributed by atoms with Crippen molar-refractivity contribution in [3.8, 4) is 0 Å². The molecule has 20 heavy (non-hydrogen) atoms. The van der Waals surface area contributed by atoms with Gasteiger partial charge in [-0.3, -0.25) is 0 Å². The fourth-order valence-corrected chi connectivity index (χ4v) is 3.05. The summed E-state index contributed by atoms with van der Waals surface area (Å²) in [5.74, 6) is -1.36. The summed E-state index contributed by atoms with van der Waals surface area (Å²) >= 11 is 0. The van der Waals surface area contributed by atoms with Crippen molar-refractivity contribution in [2.45, 2.75) is 38.1 Å². The van der Waals surface area contributed by atoms with E-state index in [1.54, 1.807) is 0 Å². The number of aliphatic hydroxyl groups excluding tert-OH is 1. The largest absolute Gasteiger partial charge is 0.478 e. The Balaban J connectivity index is 2.34. The van der Waals surface area contributed by atoms with Gasteiger partial charge in [0.15, 0.2) is 0 Å². The molecule has 2 rings (SSSR count). The van der Waals surface area contributed by atoms with Gasteiger partial charge in [0.1, 0.15) is 5.82 Å². The molecule has 0 bridgehead atoms. The summed E-state index contributed by atoms with van der Waals surface area (Å²) in [7, 11) is 0. The highest BCUT2D eigenvalue weighted by Crippen LogP contribution is 2.36. The summed E-state index contributed by atoms with van der Waals surface area (Å²) in [5.41, 5.74) is -0.761. The van der Waals surface area contributed by atoms with Gasteiger partial charge in [0.05, 0.1) is 23.4 Å². The number of halogens is 1. The van der Waals surface area contributed by atoms with Gasteiger partial charge in [0.25, 0.3) is 0 Å². The maximum atomic E-state index is 14.0. The monoisotopic (exact) mass is 281 g/mol. The number of carboxylic acid groups (broad SMARTS) is 1. The number of aliphatic hydroxyl groups is 1. The fourth-order valence-electron chi connectivity index (χ4n) is 3.05. The Morgan fingerprint density at radius 3 is 2.90 bits per heavy atom. The number of carboxylic acids is 1. The molecule has 0 amide bonds. The number of anilines is 1. The SMILES string of the molecule is CC1CCCC(CO)(Nc2c(F)cccc2C(=O)O)C1. The molecule has 0 spiro atoms. The molecule has 1 aromatic carbocycles. The number of hydrogen-bond donors (Lipinski definition) is 3. The van der Waals surface area contributed by atoms with Gasteiger partial charge in [-0.05, 0) is 30.9 Å². The van der Waals surface area contributed by atoms with Crippen LogP contribution in [0, 0.1) is 11.7 Å². The molecular weight excluding hydrogens is 261 g/mol. The normalized spacial score (nSPS) is 26.2. The average molecular weight is 281 g/mol. The van der Waals surface area contributed by atoms with E-state index in [0.717, 1.165) is 12.8 Å². The highest BCUT2D eigenvalue weighted by atomic mass is 19.1. The van der Waals surface area contributed by atoms with Crippen LogP contribution in [-0.2, 0) is 0 Å². The Labute approximate surface area is 117 Å². The first-order valence-corrected chi connectivity index (χ1v) is 6.88. The van der Waals surface area contributed by atoms with Crippen LogP contribution >= 0.6 is 0 Å². The first-order valence-electron chi connectivity index (χ1n) is 6.88. The highest BCUT2D eigenvalue weighted by Gasteiger charge is 2.35. The van der Waals surface area contributed by atoms with Gasteiger partial charge in [-0.2, -0.15) is 0 Å². The second-order valence-electron chi connectivity index (χ2n) is 5.73. The highest BCUT2D eigenvalue weighted by molar-refractivity contribution is 5.94. The molecule has 3 N–H and O–H groups in total. The number of hydrogen-bond acceptors (Lipinski definition) is 3. The summed E-state index contributed by atoms with van der Waals surface area (Å²) in [6, 6.07) is 3.97. The van der Waals surface area contributed by atoms with Crippen molar-refractivity contribution in [3.63, 3.8) is 0 Å². The van der Waals surface area contributed by atoms with Gasteiger partial charge in [-0.25, -0.2) is 9.18 Å². The van der Waals surface area contributed by atoms with E-state index in [-0.39, 0.29) is 17.9 Å². The standard InChI is InChI=1S/C15H20FNO3/c1-10-4-3-7-15(8-10,9-18)17-13-11(14(19)20)5-2-6-12(13)16/h2,5-6,10,17-18H,3-4,7-9H2,1H3,(H,19,20). The second-order valence-corrected chi connectivity index (χ2v) is 5.73. The maximum absolute atomic E-state index is 14.0. The Bertz CT molecular complexity index is 506. The van der Waals surface area contributed by atoms with Crippen LogP contribution in [0.15, 0.2) is 18.2 Å². The van der Waals surface area contributed by atoms with Gasteiger partial charge in [0, 0.05) is 0 Å². The number of para-hydroxylation sites is 1. The number of rotatable bonds is 4. The smallest absolute Gasteiger partial charge is 0.337 e. The zero-order valence-corrected chi connectivity index (χ0v) is 11.5. The van der Waals surface area contributed by atoms with Crippen LogP contribution in [0.3, 0.4) is 0 Å². The summed E-state index contributed by atoms with van der Waals surface area (Å²) in [5, 5.41) is 21.9. The number of aromatic carboxylic acids is 1. The lowest BCUT2D eigenvalue weighted by Crippen LogP contribution is -2.46. The molecule has 5 heteroatoms. The fraction of sp³-hybridized carbons (Fsp3) is 0.533. The predicted molar refractivity (Wildman–Crippen MR) is 74.4 cm³/mol. The Morgan fingerprint density at radius 2 is 2.30 bits per heavy atom. The molecule has 110 valence electrons.